The second-order valence-electron chi connectivity index (χ2n) is 5.27. The van der Waals surface area contributed by atoms with Crippen molar-refractivity contribution in [2.75, 3.05) is 5.73 Å². The molecule has 0 amide bonds. The molecule has 3 rings (SSSR count). The Labute approximate surface area is 117 Å². The average molecular weight is 267 g/mol. The van der Waals surface area contributed by atoms with E-state index >= 15 is 0 Å². The minimum atomic E-state index is 0.612. The summed E-state index contributed by atoms with van der Waals surface area (Å²) in [5.74, 6) is 0. The Bertz CT molecular complexity index is 793. The van der Waals surface area contributed by atoms with Gasteiger partial charge in [-0.2, -0.15) is 4.68 Å². The van der Waals surface area contributed by atoms with Gasteiger partial charge in [0.25, 0.3) is 0 Å². The lowest BCUT2D eigenvalue weighted by atomic mass is 10.1. The number of nitrogen functional groups attached to an aromatic ring is 1. The lowest BCUT2D eigenvalue weighted by molar-refractivity contribution is 0.806. The van der Waals surface area contributed by atoms with Crippen LogP contribution in [0, 0.1) is 27.7 Å². The molecule has 0 unspecified atom stereocenters. The van der Waals surface area contributed by atoms with E-state index in [1.165, 1.54) is 5.56 Å². The Morgan fingerprint density at radius 1 is 1.00 bits per heavy atom. The van der Waals surface area contributed by atoms with E-state index in [9.17, 15) is 0 Å². The number of hydrogen-bond donors (Lipinski definition) is 1. The van der Waals surface area contributed by atoms with Crippen LogP contribution in [0.2, 0.25) is 0 Å². The molecular weight excluding hydrogens is 250 g/mol. The number of nitrogens with zero attached hydrogens (tertiary/aromatic N) is 4. The van der Waals surface area contributed by atoms with Gasteiger partial charge in [-0.15, -0.1) is 5.10 Å². The maximum Gasteiger partial charge on any atom is 0.186 e. The number of aromatic nitrogens is 4. The lowest BCUT2D eigenvalue weighted by Crippen LogP contribution is -2.04. The Kier molecular flexibility index (Phi) is 2.71. The van der Waals surface area contributed by atoms with Crippen LogP contribution in [-0.4, -0.2) is 20.0 Å². The first-order chi connectivity index (χ1) is 9.47. The normalized spacial score (nSPS) is 11.2. The highest BCUT2D eigenvalue weighted by Gasteiger charge is 2.15. The van der Waals surface area contributed by atoms with E-state index in [2.05, 4.69) is 48.2 Å². The average Bonchev–Trinajstić information content (AvgIpc) is 2.72. The zero-order valence-corrected chi connectivity index (χ0v) is 12.1. The lowest BCUT2D eigenvalue weighted by Gasteiger charge is -2.11. The van der Waals surface area contributed by atoms with Crippen molar-refractivity contribution in [3.63, 3.8) is 0 Å². The summed E-state index contributed by atoms with van der Waals surface area (Å²) < 4.78 is 1.78. The van der Waals surface area contributed by atoms with Gasteiger partial charge in [-0.05, 0) is 44.9 Å². The zero-order valence-electron chi connectivity index (χ0n) is 12.1. The van der Waals surface area contributed by atoms with Gasteiger partial charge < -0.3 is 5.73 Å². The fraction of sp³-hybridized carbons (Fsp3) is 0.267. The van der Waals surface area contributed by atoms with Crippen molar-refractivity contribution in [2.45, 2.75) is 27.7 Å². The van der Waals surface area contributed by atoms with Crippen LogP contribution < -0.4 is 5.73 Å². The summed E-state index contributed by atoms with van der Waals surface area (Å²) in [6.07, 6.45) is 0. The number of rotatable bonds is 1. The molecule has 2 heterocycles. The van der Waals surface area contributed by atoms with Crippen molar-refractivity contribution in [1.82, 2.24) is 20.0 Å². The highest BCUT2D eigenvalue weighted by molar-refractivity contribution is 5.85. The molecule has 3 aromatic rings. The third-order valence-electron chi connectivity index (χ3n) is 3.41. The predicted molar refractivity (Wildman–Crippen MR) is 80.0 cm³/mol. The van der Waals surface area contributed by atoms with Crippen molar-refractivity contribution in [2.24, 2.45) is 0 Å². The highest BCUT2D eigenvalue weighted by atomic mass is 15.4. The van der Waals surface area contributed by atoms with Crippen LogP contribution in [0.5, 0.6) is 0 Å². The molecule has 0 radical (unpaired) electrons. The SMILES string of the molecule is Cc1cc(C)c(-n2nnc3c(N)cc(C)nc32)c(C)c1. The molecule has 0 saturated carbocycles. The van der Waals surface area contributed by atoms with Gasteiger partial charge in [0.1, 0.15) is 0 Å². The molecule has 0 aliphatic rings. The van der Waals surface area contributed by atoms with E-state index < -0.39 is 0 Å². The van der Waals surface area contributed by atoms with E-state index in [0.29, 0.717) is 16.9 Å². The molecule has 0 fully saturated rings. The van der Waals surface area contributed by atoms with Gasteiger partial charge in [0, 0.05) is 5.69 Å². The van der Waals surface area contributed by atoms with Gasteiger partial charge in [-0.1, -0.05) is 22.9 Å². The van der Waals surface area contributed by atoms with Crippen molar-refractivity contribution in [3.05, 3.63) is 40.6 Å². The molecule has 0 saturated heterocycles. The van der Waals surface area contributed by atoms with Gasteiger partial charge in [-0.25, -0.2) is 4.98 Å². The Hall–Kier alpha value is -2.43. The largest absolute Gasteiger partial charge is 0.397 e. The quantitative estimate of drug-likeness (QED) is 0.735. The van der Waals surface area contributed by atoms with Crippen LogP contribution in [0.25, 0.3) is 16.9 Å². The zero-order chi connectivity index (χ0) is 14.4. The smallest absolute Gasteiger partial charge is 0.186 e. The molecule has 5 nitrogen and oxygen atoms in total. The topological polar surface area (TPSA) is 69.6 Å². The van der Waals surface area contributed by atoms with Crippen molar-refractivity contribution < 1.29 is 0 Å². The summed E-state index contributed by atoms with van der Waals surface area (Å²) in [4.78, 5) is 4.54. The minimum Gasteiger partial charge on any atom is -0.397 e. The van der Waals surface area contributed by atoms with Crippen LogP contribution in [0.3, 0.4) is 0 Å². The number of hydrogen-bond acceptors (Lipinski definition) is 4. The summed E-state index contributed by atoms with van der Waals surface area (Å²) in [7, 11) is 0. The number of aryl methyl sites for hydroxylation is 4. The van der Waals surface area contributed by atoms with Crippen molar-refractivity contribution >= 4 is 16.9 Å². The van der Waals surface area contributed by atoms with Gasteiger partial charge in [0.2, 0.25) is 0 Å². The predicted octanol–water partition coefficient (Wildman–Crippen LogP) is 2.63. The molecule has 1 aromatic carbocycles. The maximum absolute atomic E-state index is 5.99. The number of anilines is 1. The standard InChI is InChI=1S/C15H17N5/c1-8-5-9(2)14(10(3)6-8)20-15-13(18-19-20)12(16)7-11(4)17-15/h5-7H,1-4H3,(H2,16,17). The first kappa shape index (κ1) is 12.6. The highest BCUT2D eigenvalue weighted by Crippen LogP contribution is 2.25. The third kappa shape index (κ3) is 1.82. The molecule has 0 spiro atoms. The number of pyridine rings is 1. The van der Waals surface area contributed by atoms with Gasteiger partial charge in [-0.3, -0.25) is 0 Å². The number of fused-ring (bicyclic) bond motifs is 1. The van der Waals surface area contributed by atoms with Gasteiger partial charge in [0.05, 0.1) is 11.4 Å². The van der Waals surface area contributed by atoms with Gasteiger partial charge >= 0.3 is 0 Å². The van der Waals surface area contributed by atoms with E-state index in [-0.39, 0.29) is 0 Å². The number of nitrogens with two attached hydrogens (primary N) is 1. The Balaban J connectivity index is 2.36. The monoisotopic (exact) mass is 267 g/mol. The fourth-order valence-corrected chi connectivity index (χ4v) is 2.71. The Morgan fingerprint density at radius 2 is 1.65 bits per heavy atom. The summed E-state index contributed by atoms with van der Waals surface area (Å²) >= 11 is 0. The molecule has 0 aliphatic carbocycles. The van der Waals surface area contributed by atoms with Crippen LogP contribution in [0.4, 0.5) is 5.69 Å². The maximum atomic E-state index is 5.99. The third-order valence-corrected chi connectivity index (χ3v) is 3.41. The molecule has 0 bridgehead atoms. The molecule has 102 valence electrons. The van der Waals surface area contributed by atoms with E-state index in [4.69, 9.17) is 5.73 Å². The molecular formula is C15H17N5. The fourth-order valence-electron chi connectivity index (χ4n) is 2.71. The molecule has 2 N–H and O–H groups in total. The molecule has 2 aromatic heterocycles. The molecule has 0 atom stereocenters. The van der Waals surface area contributed by atoms with E-state index in [0.717, 1.165) is 22.5 Å². The van der Waals surface area contributed by atoms with Crippen LogP contribution in [-0.2, 0) is 0 Å². The molecule has 0 aliphatic heterocycles. The van der Waals surface area contributed by atoms with Crippen molar-refractivity contribution in [1.29, 1.82) is 0 Å². The van der Waals surface area contributed by atoms with Gasteiger partial charge in [0.15, 0.2) is 11.2 Å². The second kappa shape index (κ2) is 4.30. The first-order valence-corrected chi connectivity index (χ1v) is 6.54. The Morgan fingerprint density at radius 3 is 2.30 bits per heavy atom. The van der Waals surface area contributed by atoms with Crippen LogP contribution in [0.1, 0.15) is 22.4 Å². The molecule has 5 heteroatoms. The van der Waals surface area contributed by atoms with Crippen molar-refractivity contribution in [3.8, 4) is 5.69 Å². The van der Waals surface area contributed by atoms with E-state index in [1.54, 1.807) is 4.68 Å². The summed E-state index contributed by atoms with van der Waals surface area (Å²) in [5.41, 5.74) is 13.4. The van der Waals surface area contributed by atoms with Crippen LogP contribution >= 0.6 is 0 Å². The summed E-state index contributed by atoms with van der Waals surface area (Å²) in [6, 6.07) is 6.08. The number of benzene rings is 1. The summed E-state index contributed by atoms with van der Waals surface area (Å²) in [5, 5.41) is 8.41. The van der Waals surface area contributed by atoms with Crippen LogP contribution in [0.15, 0.2) is 18.2 Å². The van der Waals surface area contributed by atoms with E-state index in [1.807, 2.05) is 13.0 Å². The minimum absolute atomic E-state index is 0.612. The summed E-state index contributed by atoms with van der Waals surface area (Å²) in [6.45, 7) is 8.15. The second-order valence-corrected chi connectivity index (χ2v) is 5.27. The molecule has 20 heavy (non-hydrogen) atoms. The first-order valence-electron chi connectivity index (χ1n) is 6.54.